The summed E-state index contributed by atoms with van der Waals surface area (Å²) in [6.07, 6.45) is 0. The van der Waals surface area contributed by atoms with Crippen LogP contribution in [0.4, 0.5) is 10.1 Å². The second-order valence-corrected chi connectivity index (χ2v) is 4.52. The van der Waals surface area contributed by atoms with Gasteiger partial charge in [0.25, 0.3) is 0 Å². The molecule has 20 heavy (non-hydrogen) atoms. The Bertz CT molecular complexity index is 619. The van der Waals surface area contributed by atoms with E-state index < -0.39 is 0 Å². The predicted molar refractivity (Wildman–Crippen MR) is 74.4 cm³/mol. The molecule has 4 nitrogen and oxygen atoms in total. The molecule has 3 N–H and O–H groups in total. The van der Waals surface area contributed by atoms with Crippen LogP contribution in [0.5, 0.6) is 11.5 Å². The van der Waals surface area contributed by atoms with Crippen LogP contribution in [0, 0.1) is 5.82 Å². The number of hydrogen-bond acceptors (Lipinski definition) is 4. The van der Waals surface area contributed by atoms with E-state index in [1.165, 1.54) is 6.07 Å². The number of ether oxygens (including phenoxy) is 2. The third kappa shape index (κ3) is 2.40. The lowest BCUT2D eigenvalue weighted by atomic mass is 10.1. The van der Waals surface area contributed by atoms with E-state index in [1.54, 1.807) is 18.2 Å². The van der Waals surface area contributed by atoms with Crippen LogP contribution in [-0.4, -0.2) is 13.3 Å². The smallest absolute Gasteiger partial charge is 0.231 e. The molecule has 0 saturated heterocycles. The maximum atomic E-state index is 13.8. The van der Waals surface area contributed by atoms with Gasteiger partial charge >= 0.3 is 0 Å². The molecule has 2 aromatic carbocycles. The summed E-state index contributed by atoms with van der Waals surface area (Å²) in [6, 6.07) is 11.8. The number of nitrogens with one attached hydrogen (secondary N) is 1. The number of anilines is 1. The fourth-order valence-corrected chi connectivity index (χ4v) is 2.21. The highest BCUT2D eigenvalue weighted by Crippen LogP contribution is 2.35. The second kappa shape index (κ2) is 5.38. The zero-order chi connectivity index (χ0) is 13.9. The van der Waals surface area contributed by atoms with Crippen molar-refractivity contribution < 1.29 is 13.9 Å². The van der Waals surface area contributed by atoms with Gasteiger partial charge in [-0.25, -0.2) is 4.39 Å². The van der Waals surface area contributed by atoms with Gasteiger partial charge in [0, 0.05) is 23.9 Å². The molecule has 0 bridgehead atoms. The Hall–Kier alpha value is -2.27. The lowest BCUT2D eigenvalue weighted by Crippen LogP contribution is -2.21. The second-order valence-electron chi connectivity index (χ2n) is 4.52. The minimum Gasteiger partial charge on any atom is -0.454 e. The Morgan fingerprint density at radius 3 is 2.75 bits per heavy atom. The van der Waals surface area contributed by atoms with Crippen LogP contribution >= 0.6 is 0 Å². The molecule has 3 rings (SSSR count). The third-order valence-electron chi connectivity index (χ3n) is 3.23. The Kier molecular flexibility index (Phi) is 3.43. The monoisotopic (exact) mass is 274 g/mol. The zero-order valence-corrected chi connectivity index (χ0v) is 10.8. The van der Waals surface area contributed by atoms with Crippen LogP contribution in [0.15, 0.2) is 42.5 Å². The highest BCUT2D eigenvalue weighted by Gasteiger charge is 2.17. The average Bonchev–Trinajstić information content (AvgIpc) is 2.93. The molecule has 0 amide bonds. The summed E-state index contributed by atoms with van der Waals surface area (Å²) in [7, 11) is 0. The molecular formula is C15H15FN2O2. The fraction of sp³-hybridized carbons (Fsp3) is 0.200. The molecule has 0 saturated carbocycles. The van der Waals surface area contributed by atoms with Gasteiger partial charge in [-0.2, -0.15) is 0 Å². The van der Waals surface area contributed by atoms with Gasteiger partial charge < -0.3 is 20.5 Å². The number of benzene rings is 2. The molecule has 2 aromatic rings. The van der Waals surface area contributed by atoms with E-state index in [-0.39, 0.29) is 25.2 Å². The first-order valence-electron chi connectivity index (χ1n) is 6.38. The molecular weight excluding hydrogens is 259 g/mol. The Labute approximate surface area is 116 Å². The molecule has 0 radical (unpaired) electrons. The minimum absolute atomic E-state index is 0.229. The number of halogens is 1. The van der Waals surface area contributed by atoms with Gasteiger partial charge in [0.2, 0.25) is 6.79 Å². The van der Waals surface area contributed by atoms with Crippen molar-refractivity contribution in [2.45, 2.75) is 6.04 Å². The summed E-state index contributed by atoms with van der Waals surface area (Å²) in [5.41, 5.74) is 7.11. The molecule has 0 fully saturated rings. The largest absolute Gasteiger partial charge is 0.454 e. The fourth-order valence-electron chi connectivity index (χ4n) is 2.21. The van der Waals surface area contributed by atoms with Crippen LogP contribution in [-0.2, 0) is 0 Å². The molecule has 1 atom stereocenters. The van der Waals surface area contributed by atoms with Crippen molar-refractivity contribution in [2.75, 3.05) is 18.7 Å². The van der Waals surface area contributed by atoms with Crippen LogP contribution in [0.25, 0.3) is 0 Å². The van der Waals surface area contributed by atoms with Crippen molar-refractivity contribution >= 4 is 5.69 Å². The van der Waals surface area contributed by atoms with Crippen LogP contribution < -0.4 is 20.5 Å². The third-order valence-corrected chi connectivity index (χ3v) is 3.23. The molecule has 0 spiro atoms. The maximum Gasteiger partial charge on any atom is 0.231 e. The quantitative estimate of drug-likeness (QED) is 0.900. The highest BCUT2D eigenvalue weighted by molar-refractivity contribution is 5.56. The van der Waals surface area contributed by atoms with Gasteiger partial charge in [-0.05, 0) is 18.2 Å². The number of nitrogens with two attached hydrogens (primary N) is 1. The van der Waals surface area contributed by atoms with E-state index in [1.807, 2.05) is 18.2 Å². The highest BCUT2D eigenvalue weighted by atomic mass is 19.1. The van der Waals surface area contributed by atoms with Crippen molar-refractivity contribution in [1.82, 2.24) is 0 Å². The maximum absolute atomic E-state index is 13.8. The molecule has 1 aliphatic heterocycles. The number of rotatable bonds is 4. The lowest BCUT2D eigenvalue weighted by Gasteiger charge is -2.19. The molecule has 1 unspecified atom stereocenters. The predicted octanol–water partition coefficient (Wildman–Crippen LogP) is 2.67. The van der Waals surface area contributed by atoms with Crippen molar-refractivity contribution in [3.05, 3.63) is 53.8 Å². The molecule has 1 aliphatic rings. The topological polar surface area (TPSA) is 56.5 Å². The first kappa shape index (κ1) is 12.7. The van der Waals surface area contributed by atoms with Crippen molar-refractivity contribution in [3.8, 4) is 11.5 Å². The lowest BCUT2D eigenvalue weighted by molar-refractivity contribution is 0.174. The zero-order valence-electron chi connectivity index (χ0n) is 10.8. The van der Waals surface area contributed by atoms with Gasteiger partial charge in [-0.15, -0.1) is 0 Å². The molecule has 0 aliphatic carbocycles. The molecule has 0 aromatic heterocycles. The van der Waals surface area contributed by atoms with Gasteiger partial charge in [-0.1, -0.05) is 18.2 Å². The number of hydrogen-bond donors (Lipinski definition) is 2. The first-order chi connectivity index (χ1) is 9.78. The van der Waals surface area contributed by atoms with Gasteiger partial charge in [-0.3, -0.25) is 0 Å². The van der Waals surface area contributed by atoms with E-state index in [0.29, 0.717) is 17.1 Å². The van der Waals surface area contributed by atoms with Crippen molar-refractivity contribution in [1.29, 1.82) is 0 Å². The normalized spacial score (nSPS) is 14.1. The van der Waals surface area contributed by atoms with E-state index in [9.17, 15) is 4.39 Å². The Morgan fingerprint density at radius 2 is 1.95 bits per heavy atom. The van der Waals surface area contributed by atoms with E-state index in [2.05, 4.69) is 5.32 Å². The summed E-state index contributed by atoms with van der Waals surface area (Å²) >= 11 is 0. The van der Waals surface area contributed by atoms with Gasteiger partial charge in [0.15, 0.2) is 11.5 Å². The van der Waals surface area contributed by atoms with Crippen molar-refractivity contribution in [3.63, 3.8) is 0 Å². The van der Waals surface area contributed by atoms with Crippen LogP contribution in [0.2, 0.25) is 0 Å². The van der Waals surface area contributed by atoms with Crippen molar-refractivity contribution in [2.24, 2.45) is 5.73 Å². The minimum atomic E-state index is -0.295. The summed E-state index contributed by atoms with van der Waals surface area (Å²) in [6.45, 7) is 0.516. The number of fused-ring (bicyclic) bond motifs is 1. The van der Waals surface area contributed by atoms with E-state index in [4.69, 9.17) is 15.2 Å². The van der Waals surface area contributed by atoms with Gasteiger partial charge in [0.1, 0.15) is 5.82 Å². The van der Waals surface area contributed by atoms with E-state index >= 15 is 0 Å². The van der Waals surface area contributed by atoms with Gasteiger partial charge in [0.05, 0.1) is 6.04 Å². The summed E-state index contributed by atoms with van der Waals surface area (Å²) in [5.74, 6) is 1.13. The summed E-state index contributed by atoms with van der Waals surface area (Å²) in [4.78, 5) is 0. The van der Waals surface area contributed by atoms with Crippen LogP contribution in [0.3, 0.4) is 0 Å². The standard InChI is InChI=1S/C15H15FN2O2/c16-12-4-2-1-3-11(12)13(8-17)18-10-5-6-14-15(7-10)20-9-19-14/h1-7,13,18H,8-9,17H2. The Morgan fingerprint density at radius 1 is 1.15 bits per heavy atom. The Balaban J connectivity index is 1.83. The van der Waals surface area contributed by atoms with Crippen LogP contribution in [0.1, 0.15) is 11.6 Å². The first-order valence-corrected chi connectivity index (χ1v) is 6.38. The van der Waals surface area contributed by atoms with E-state index in [0.717, 1.165) is 5.69 Å². The summed E-state index contributed by atoms with van der Waals surface area (Å²) < 4.78 is 24.4. The SMILES string of the molecule is NCC(Nc1ccc2c(c1)OCO2)c1ccccc1F. The molecule has 104 valence electrons. The summed E-state index contributed by atoms with van der Waals surface area (Å²) in [5, 5.41) is 3.21. The average molecular weight is 274 g/mol. The molecule has 5 heteroatoms. The molecule has 1 heterocycles.